The van der Waals surface area contributed by atoms with Gasteiger partial charge in [-0.2, -0.15) is 5.10 Å². The summed E-state index contributed by atoms with van der Waals surface area (Å²) in [6.07, 6.45) is 2.82. The number of aryl methyl sites for hydroxylation is 2. The van der Waals surface area contributed by atoms with Gasteiger partial charge in [-0.3, -0.25) is 9.48 Å². The third-order valence-electron chi connectivity index (χ3n) is 2.95. The number of carbonyl (C=O) groups is 2. The van der Waals surface area contributed by atoms with E-state index >= 15 is 0 Å². The molecule has 110 valence electrons. The van der Waals surface area contributed by atoms with Crippen LogP contribution in [0.25, 0.3) is 0 Å². The molecule has 0 aliphatic heterocycles. The Morgan fingerprint density at radius 2 is 2.14 bits per heavy atom. The van der Waals surface area contributed by atoms with Crippen LogP contribution in [0.5, 0.6) is 0 Å². The highest BCUT2D eigenvalue weighted by molar-refractivity contribution is 5.97. The number of rotatable bonds is 4. The summed E-state index contributed by atoms with van der Waals surface area (Å²) in [5, 5.41) is 15.4. The van der Waals surface area contributed by atoms with Gasteiger partial charge in [-0.25, -0.2) is 9.18 Å². The molecule has 7 heteroatoms. The van der Waals surface area contributed by atoms with Gasteiger partial charge in [0.05, 0.1) is 11.8 Å². The predicted molar refractivity (Wildman–Crippen MR) is 72.2 cm³/mol. The molecule has 1 unspecified atom stereocenters. The van der Waals surface area contributed by atoms with E-state index in [1.54, 1.807) is 14.0 Å². The second kappa shape index (κ2) is 5.74. The van der Waals surface area contributed by atoms with Gasteiger partial charge < -0.3 is 10.4 Å². The van der Waals surface area contributed by atoms with Crippen LogP contribution in [0, 0.1) is 12.7 Å². The van der Waals surface area contributed by atoms with Gasteiger partial charge in [-0.1, -0.05) is 11.6 Å². The minimum absolute atomic E-state index is 0.190. The van der Waals surface area contributed by atoms with E-state index in [-0.39, 0.29) is 5.56 Å². The summed E-state index contributed by atoms with van der Waals surface area (Å²) in [5.74, 6) is -2.73. The van der Waals surface area contributed by atoms with Gasteiger partial charge >= 0.3 is 5.97 Å². The van der Waals surface area contributed by atoms with E-state index in [9.17, 15) is 19.1 Å². The largest absolute Gasteiger partial charge is 0.479 e. The monoisotopic (exact) mass is 291 g/mol. The first-order chi connectivity index (χ1) is 9.88. The molecular weight excluding hydrogens is 277 g/mol. The maximum Gasteiger partial charge on any atom is 0.331 e. The second-order valence-electron chi connectivity index (χ2n) is 4.68. The van der Waals surface area contributed by atoms with E-state index in [1.807, 2.05) is 0 Å². The van der Waals surface area contributed by atoms with Crippen molar-refractivity contribution < 1.29 is 19.1 Å². The minimum Gasteiger partial charge on any atom is -0.479 e. The van der Waals surface area contributed by atoms with Gasteiger partial charge in [0.15, 0.2) is 6.04 Å². The molecule has 1 aromatic carbocycles. The lowest BCUT2D eigenvalue weighted by Crippen LogP contribution is -2.34. The number of nitrogens with one attached hydrogen (secondary N) is 1. The SMILES string of the molecule is Cc1ccc(F)c(C(=O)NC(C(=O)O)c2cnn(C)c2)c1. The topological polar surface area (TPSA) is 84.2 Å². The van der Waals surface area contributed by atoms with Crippen molar-refractivity contribution in [2.75, 3.05) is 0 Å². The van der Waals surface area contributed by atoms with Crippen LogP contribution in [0.4, 0.5) is 4.39 Å². The Morgan fingerprint density at radius 3 is 2.71 bits per heavy atom. The number of carboxylic acids is 1. The number of hydrogen-bond acceptors (Lipinski definition) is 3. The number of hydrogen-bond donors (Lipinski definition) is 2. The molecule has 2 aromatic rings. The van der Waals surface area contributed by atoms with E-state index in [1.165, 1.54) is 35.3 Å². The summed E-state index contributed by atoms with van der Waals surface area (Å²) in [6.45, 7) is 1.71. The molecule has 2 rings (SSSR count). The summed E-state index contributed by atoms with van der Waals surface area (Å²) < 4.78 is 15.1. The van der Waals surface area contributed by atoms with Crippen LogP contribution in [0.1, 0.15) is 27.5 Å². The van der Waals surface area contributed by atoms with Crippen molar-refractivity contribution in [1.82, 2.24) is 15.1 Å². The predicted octanol–water partition coefficient (Wildman–Crippen LogP) is 1.42. The lowest BCUT2D eigenvalue weighted by molar-refractivity contribution is -0.139. The van der Waals surface area contributed by atoms with Gasteiger partial charge in [0.25, 0.3) is 5.91 Å². The third-order valence-corrected chi connectivity index (χ3v) is 2.95. The summed E-state index contributed by atoms with van der Waals surface area (Å²) >= 11 is 0. The summed E-state index contributed by atoms with van der Waals surface area (Å²) in [5.41, 5.74) is 0.825. The van der Waals surface area contributed by atoms with Crippen molar-refractivity contribution in [2.45, 2.75) is 13.0 Å². The molecule has 0 spiro atoms. The fraction of sp³-hybridized carbons (Fsp3) is 0.214. The smallest absolute Gasteiger partial charge is 0.331 e. The Labute approximate surface area is 120 Å². The maximum atomic E-state index is 13.7. The highest BCUT2D eigenvalue weighted by Gasteiger charge is 2.25. The standard InChI is InChI=1S/C14H14FN3O3/c1-8-3-4-11(15)10(5-8)13(19)17-12(14(20)21)9-6-16-18(2)7-9/h3-7,12H,1-2H3,(H,17,19)(H,20,21). The molecule has 21 heavy (non-hydrogen) atoms. The van der Waals surface area contributed by atoms with Gasteiger partial charge in [0, 0.05) is 18.8 Å². The molecule has 0 saturated carbocycles. The zero-order chi connectivity index (χ0) is 15.6. The molecule has 0 saturated heterocycles. The van der Waals surface area contributed by atoms with Crippen molar-refractivity contribution in [3.8, 4) is 0 Å². The molecule has 0 fully saturated rings. The zero-order valence-corrected chi connectivity index (χ0v) is 11.5. The first kappa shape index (κ1) is 14.7. The highest BCUT2D eigenvalue weighted by atomic mass is 19.1. The van der Waals surface area contributed by atoms with Gasteiger partial charge in [0.2, 0.25) is 0 Å². The summed E-state index contributed by atoms with van der Waals surface area (Å²) in [6, 6.07) is 2.78. The highest BCUT2D eigenvalue weighted by Crippen LogP contribution is 2.15. The van der Waals surface area contributed by atoms with Crippen LogP contribution < -0.4 is 5.32 Å². The molecule has 1 heterocycles. The fourth-order valence-corrected chi connectivity index (χ4v) is 1.90. The van der Waals surface area contributed by atoms with E-state index in [2.05, 4.69) is 10.4 Å². The molecule has 0 radical (unpaired) electrons. The van der Waals surface area contributed by atoms with Crippen molar-refractivity contribution in [3.63, 3.8) is 0 Å². The molecule has 1 amide bonds. The van der Waals surface area contributed by atoms with Crippen molar-refractivity contribution >= 4 is 11.9 Å². The van der Waals surface area contributed by atoms with Crippen LogP contribution in [0.3, 0.4) is 0 Å². The molecule has 6 nitrogen and oxygen atoms in total. The number of amides is 1. The van der Waals surface area contributed by atoms with Crippen molar-refractivity contribution in [3.05, 3.63) is 53.1 Å². The number of aliphatic carboxylic acids is 1. The average Bonchev–Trinajstić information content (AvgIpc) is 2.84. The quantitative estimate of drug-likeness (QED) is 0.892. The van der Waals surface area contributed by atoms with Gasteiger partial charge in [-0.05, 0) is 19.1 Å². The van der Waals surface area contributed by atoms with Crippen LogP contribution >= 0.6 is 0 Å². The van der Waals surface area contributed by atoms with Crippen LogP contribution in [-0.4, -0.2) is 26.8 Å². The lowest BCUT2D eigenvalue weighted by atomic mass is 10.1. The Balaban J connectivity index is 2.27. The van der Waals surface area contributed by atoms with E-state index in [0.29, 0.717) is 11.1 Å². The maximum absolute atomic E-state index is 13.7. The van der Waals surface area contributed by atoms with E-state index < -0.39 is 23.7 Å². The summed E-state index contributed by atoms with van der Waals surface area (Å²) in [7, 11) is 1.63. The van der Waals surface area contributed by atoms with Crippen molar-refractivity contribution in [2.24, 2.45) is 7.05 Å². The van der Waals surface area contributed by atoms with Crippen LogP contribution in [0.2, 0.25) is 0 Å². The number of benzene rings is 1. The van der Waals surface area contributed by atoms with Crippen molar-refractivity contribution in [1.29, 1.82) is 0 Å². The first-order valence-corrected chi connectivity index (χ1v) is 6.17. The molecule has 2 N–H and O–H groups in total. The Hall–Kier alpha value is -2.70. The van der Waals surface area contributed by atoms with E-state index in [4.69, 9.17) is 0 Å². The average molecular weight is 291 g/mol. The normalized spacial score (nSPS) is 12.0. The number of carboxylic acid groups (broad SMARTS) is 1. The Kier molecular flexibility index (Phi) is 4.02. The van der Waals surface area contributed by atoms with E-state index in [0.717, 1.165) is 0 Å². The fourth-order valence-electron chi connectivity index (χ4n) is 1.90. The molecular formula is C14H14FN3O3. The second-order valence-corrected chi connectivity index (χ2v) is 4.68. The summed E-state index contributed by atoms with van der Waals surface area (Å²) in [4.78, 5) is 23.4. The zero-order valence-electron chi connectivity index (χ0n) is 11.5. The number of carbonyl (C=O) groups excluding carboxylic acids is 1. The molecule has 1 atom stereocenters. The Morgan fingerprint density at radius 1 is 1.43 bits per heavy atom. The Bertz CT molecular complexity index is 697. The molecule has 1 aromatic heterocycles. The van der Waals surface area contributed by atoms with Crippen LogP contribution in [0.15, 0.2) is 30.6 Å². The number of halogens is 1. The number of aromatic nitrogens is 2. The van der Waals surface area contributed by atoms with Crippen LogP contribution in [-0.2, 0) is 11.8 Å². The first-order valence-electron chi connectivity index (χ1n) is 6.17. The minimum atomic E-state index is -1.29. The van der Waals surface area contributed by atoms with Gasteiger partial charge in [-0.15, -0.1) is 0 Å². The third kappa shape index (κ3) is 3.25. The molecule has 0 aliphatic carbocycles. The molecule has 0 aliphatic rings. The lowest BCUT2D eigenvalue weighted by Gasteiger charge is -2.13. The molecule has 0 bridgehead atoms. The number of nitrogens with zero attached hydrogens (tertiary/aromatic N) is 2. The van der Waals surface area contributed by atoms with Gasteiger partial charge in [0.1, 0.15) is 5.82 Å².